The topological polar surface area (TPSA) is 70.8 Å². The number of Topliss-reactive ketones (excluding diaryl/α,β-unsaturated/α-hetero) is 1. The summed E-state index contributed by atoms with van der Waals surface area (Å²) >= 11 is 0. The fourth-order valence-corrected chi connectivity index (χ4v) is 3.50. The van der Waals surface area contributed by atoms with Gasteiger partial charge in [0.25, 0.3) is 11.7 Å². The van der Waals surface area contributed by atoms with Crippen LogP contribution in [0.15, 0.2) is 76.9 Å². The van der Waals surface area contributed by atoms with Crippen LogP contribution in [0.3, 0.4) is 0 Å². The first-order valence-corrected chi connectivity index (χ1v) is 9.09. The highest BCUT2D eigenvalue weighted by Gasteiger charge is 2.46. The van der Waals surface area contributed by atoms with Gasteiger partial charge < -0.3 is 14.4 Å². The summed E-state index contributed by atoms with van der Waals surface area (Å²) in [5.41, 5.74) is 1.72. The molecule has 0 radical (unpaired) electrons. The first-order chi connectivity index (χ1) is 14.0. The molecule has 0 bridgehead atoms. The lowest BCUT2D eigenvalue weighted by Crippen LogP contribution is -2.29. The van der Waals surface area contributed by atoms with E-state index in [1.54, 1.807) is 42.5 Å². The molecule has 0 aliphatic carbocycles. The fourth-order valence-electron chi connectivity index (χ4n) is 3.50. The Hall–Kier alpha value is -3.67. The molecule has 3 aromatic rings. The summed E-state index contributed by atoms with van der Waals surface area (Å²) in [7, 11) is 0. The third-order valence-electron chi connectivity index (χ3n) is 4.94. The molecule has 1 aliphatic rings. The van der Waals surface area contributed by atoms with Gasteiger partial charge in [0.2, 0.25) is 0 Å². The van der Waals surface area contributed by atoms with E-state index in [2.05, 4.69) is 0 Å². The SMILES string of the molecule is Cc1ccc(C(O)=C2C(=O)C(=O)N(Cc3ccco3)[C@H]2c2cccc(F)c2)cc1. The van der Waals surface area contributed by atoms with Crippen LogP contribution < -0.4 is 0 Å². The van der Waals surface area contributed by atoms with E-state index in [0.717, 1.165) is 5.56 Å². The molecule has 1 amide bonds. The molecule has 1 saturated heterocycles. The number of amides is 1. The van der Waals surface area contributed by atoms with E-state index in [-0.39, 0.29) is 17.9 Å². The van der Waals surface area contributed by atoms with Crippen molar-refractivity contribution >= 4 is 17.4 Å². The summed E-state index contributed by atoms with van der Waals surface area (Å²) in [5, 5.41) is 10.9. The van der Waals surface area contributed by atoms with E-state index in [1.807, 2.05) is 6.92 Å². The molecular weight excluding hydrogens is 373 g/mol. The number of hydrogen-bond acceptors (Lipinski definition) is 4. The molecule has 1 aliphatic heterocycles. The van der Waals surface area contributed by atoms with E-state index >= 15 is 0 Å². The number of carbonyl (C=O) groups excluding carboxylic acids is 2. The summed E-state index contributed by atoms with van der Waals surface area (Å²) in [6, 6.07) is 15.0. The number of benzene rings is 2. The van der Waals surface area contributed by atoms with Gasteiger partial charge in [-0.3, -0.25) is 9.59 Å². The zero-order valence-electron chi connectivity index (χ0n) is 15.6. The van der Waals surface area contributed by atoms with Crippen molar-refractivity contribution in [2.24, 2.45) is 0 Å². The number of aliphatic hydroxyl groups excluding tert-OH is 1. The molecule has 6 heteroatoms. The van der Waals surface area contributed by atoms with E-state index in [0.29, 0.717) is 16.9 Å². The molecule has 1 N–H and O–H groups in total. The predicted octanol–water partition coefficient (Wildman–Crippen LogP) is 4.35. The van der Waals surface area contributed by atoms with E-state index < -0.39 is 23.5 Å². The maximum Gasteiger partial charge on any atom is 0.296 e. The van der Waals surface area contributed by atoms with Crippen LogP contribution in [0.5, 0.6) is 0 Å². The summed E-state index contributed by atoms with van der Waals surface area (Å²) in [6.07, 6.45) is 1.47. The summed E-state index contributed by atoms with van der Waals surface area (Å²) in [5.74, 6) is -1.90. The van der Waals surface area contributed by atoms with Gasteiger partial charge in [0.05, 0.1) is 24.4 Å². The van der Waals surface area contributed by atoms with Gasteiger partial charge in [0, 0.05) is 5.56 Å². The van der Waals surface area contributed by atoms with Crippen LogP contribution in [-0.4, -0.2) is 21.7 Å². The number of hydrogen-bond donors (Lipinski definition) is 1. The maximum absolute atomic E-state index is 13.9. The van der Waals surface area contributed by atoms with Crippen molar-refractivity contribution in [1.82, 2.24) is 4.90 Å². The van der Waals surface area contributed by atoms with E-state index in [1.165, 1.54) is 29.4 Å². The molecule has 0 unspecified atom stereocenters. The quantitative estimate of drug-likeness (QED) is 0.408. The lowest BCUT2D eigenvalue weighted by molar-refractivity contribution is -0.140. The number of rotatable bonds is 4. The van der Waals surface area contributed by atoms with Gasteiger partial charge in [0.15, 0.2) is 0 Å². The number of carbonyl (C=O) groups is 2. The highest BCUT2D eigenvalue weighted by molar-refractivity contribution is 6.46. The Morgan fingerprint density at radius 2 is 1.86 bits per heavy atom. The number of likely N-dealkylation sites (tertiary alicyclic amines) is 1. The standard InChI is InChI=1S/C23H18FNO4/c1-14-7-9-15(10-8-14)21(26)19-20(16-4-2-5-17(24)12-16)25(23(28)22(19)27)13-18-6-3-11-29-18/h2-12,20,26H,13H2,1H3/t20-/m0/s1. The van der Waals surface area contributed by atoms with Crippen LogP contribution in [0, 0.1) is 12.7 Å². The molecule has 1 aromatic heterocycles. The van der Waals surface area contributed by atoms with Crippen LogP contribution >= 0.6 is 0 Å². The average molecular weight is 391 g/mol. The number of furan rings is 1. The summed E-state index contributed by atoms with van der Waals surface area (Å²) in [6.45, 7) is 1.92. The molecule has 2 aromatic carbocycles. The van der Waals surface area contributed by atoms with Crippen LogP contribution in [-0.2, 0) is 16.1 Å². The minimum Gasteiger partial charge on any atom is -0.507 e. The first kappa shape index (κ1) is 18.7. The Morgan fingerprint density at radius 3 is 2.52 bits per heavy atom. The second-order valence-corrected chi connectivity index (χ2v) is 6.93. The van der Waals surface area contributed by atoms with Crippen LogP contribution in [0.4, 0.5) is 4.39 Å². The fraction of sp³-hybridized carbons (Fsp3) is 0.130. The Balaban J connectivity index is 1.87. The molecular formula is C23H18FNO4. The van der Waals surface area contributed by atoms with Crippen molar-refractivity contribution < 1.29 is 23.5 Å². The Labute approximate surface area is 166 Å². The maximum atomic E-state index is 13.9. The molecule has 4 rings (SSSR count). The smallest absolute Gasteiger partial charge is 0.296 e. The van der Waals surface area contributed by atoms with E-state index in [9.17, 15) is 19.1 Å². The molecule has 29 heavy (non-hydrogen) atoms. The van der Waals surface area contributed by atoms with Gasteiger partial charge in [-0.25, -0.2) is 4.39 Å². The monoisotopic (exact) mass is 391 g/mol. The molecule has 0 saturated carbocycles. The minimum atomic E-state index is -0.933. The summed E-state index contributed by atoms with van der Waals surface area (Å²) < 4.78 is 19.3. The lowest BCUT2D eigenvalue weighted by Gasteiger charge is -2.24. The minimum absolute atomic E-state index is 0.0173. The first-order valence-electron chi connectivity index (χ1n) is 9.09. The van der Waals surface area contributed by atoms with Gasteiger partial charge in [-0.1, -0.05) is 42.0 Å². The number of ketones is 1. The number of halogens is 1. The van der Waals surface area contributed by atoms with Crippen molar-refractivity contribution in [3.63, 3.8) is 0 Å². The highest BCUT2D eigenvalue weighted by Crippen LogP contribution is 2.40. The third-order valence-corrected chi connectivity index (χ3v) is 4.94. The van der Waals surface area contributed by atoms with Crippen LogP contribution in [0.25, 0.3) is 5.76 Å². The molecule has 146 valence electrons. The van der Waals surface area contributed by atoms with Crippen molar-refractivity contribution in [2.75, 3.05) is 0 Å². The van der Waals surface area contributed by atoms with Crippen molar-refractivity contribution in [3.8, 4) is 0 Å². The largest absolute Gasteiger partial charge is 0.507 e. The average Bonchev–Trinajstić information content (AvgIpc) is 3.30. The van der Waals surface area contributed by atoms with E-state index in [4.69, 9.17) is 4.42 Å². The normalized spacial score (nSPS) is 18.4. The van der Waals surface area contributed by atoms with Gasteiger partial charge in [-0.05, 0) is 36.8 Å². The highest BCUT2D eigenvalue weighted by atomic mass is 19.1. The van der Waals surface area contributed by atoms with Gasteiger partial charge in [0.1, 0.15) is 17.3 Å². The van der Waals surface area contributed by atoms with Crippen molar-refractivity contribution in [2.45, 2.75) is 19.5 Å². The van der Waals surface area contributed by atoms with Crippen molar-refractivity contribution in [1.29, 1.82) is 0 Å². The van der Waals surface area contributed by atoms with Crippen LogP contribution in [0.1, 0.15) is 28.5 Å². The molecule has 0 spiro atoms. The Bertz CT molecular complexity index is 1100. The number of nitrogens with zero attached hydrogens (tertiary/aromatic N) is 1. The molecule has 1 atom stereocenters. The molecule has 2 heterocycles. The van der Waals surface area contributed by atoms with Gasteiger partial charge in [-0.2, -0.15) is 0 Å². The van der Waals surface area contributed by atoms with Gasteiger partial charge in [-0.15, -0.1) is 0 Å². The third kappa shape index (κ3) is 3.45. The Kier molecular flexibility index (Phi) is 4.76. The van der Waals surface area contributed by atoms with Crippen LogP contribution in [0.2, 0.25) is 0 Å². The Morgan fingerprint density at radius 1 is 1.10 bits per heavy atom. The zero-order valence-corrected chi connectivity index (χ0v) is 15.6. The zero-order chi connectivity index (χ0) is 20.5. The second kappa shape index (κ2) is 7.39. The number of aryl methyl sites for hydroxylation is 1. The van der Waals surface area contributed by atoms with Crippen molar-refractivity contribution in [3.05, 3.63) is 101 Å². The molecule has 5 nitrogen and oxygen atoms in total. The number of aliphatic hydroxyl groups is 1. The summed E-state index contributed by atoms with van der Waals surface area (Å²) in [4.78, 5) is 26.9. The lowest BCUT2D eigenvalue weighted by atomic mass is 9.95. The van der Waals surface area contributed by atoms with Gasteiger partial charge >= 0.3 is 0 Å². The second-order valence-electron chi connectivity index (χ2n) is 6.93. The molecule has 1 fully saturated rings. The predicted molar refractivity (Wildman–Crippen MR) is 104 cm³/mol.